The molecule has 1 N–H and O–H groups in total. The minimum absolute atomic E-state index is 0.0545. The van der Waals surface area contributed by atoms with E-state index in [2.05, 4.69) is 33.8 Å². The third-order valence-corrected chi connectivity index (χ3v) is 7.78. The fourth-order valence-electron chi connectivity index (χ4n) is 6.45. The Balaban J connectivity index is 1.89. The first-order chi connectivity index (χ1) is 12.2. The van der Waals surface area contributed by atoms with Gasteiger partial charge in [-0.1, -0.05) is 34.1 Å². The maximum Gasteiger partial charge on any atom is 0.234 e. The van der Waals surface area contributed by atoms with Crippen molar-refractivity contribution in [2.75, 3.05) is 0 Å². The zero-order valence-electron chi connectivity index (χ0n) is 16.1. The average molecular weight is 356 g/mol. The lowest BCUT2D eigenvalue weighted by Crippen LogP contribution is -2.61. The van der Waals surface area contributed by atoms with Crippen LogP contribution in [-0.2, 0) is 14.3 Å². The molecule has 1 spiro atoms. The number of allylic oxidation sites excluding steroid dienone is 2. The van der Waals surface area contributed by atoms with E-state index in [9.17, 15) is 14.7 Å². The van der Waals surface area contributed by atoms with Crippen LogP contribution >= 0.6 is 0 Å². The van der Waals surface area contributed by atoms with Gasteiger partial charge in [0.2, 0.25) is 5.78 Å². The molecule has 2 fully saturated rings. The number of rotatable bonds is 1. The summed E-state index contributed by atoms with van der Waals surface area (Å²) in [7, 11) is 0. The summed E-state index contributed by atoms with van der Waals surface area (Å²) in [5.41, 5.74) is 0.270. The molecule has 140 valence electrons. The van der Waals surface area contributed by atoms with E-state index in [1.54, 1.807) is 0 Å². The Morgan fingerprint density at radius 2 is 1.96 bits per heavy atom. The Hall–Kier alpha value is -1.84. The third kappa shape index (κ3) is 2.02. The number of ketones is 1. The highest BCUT2D eigenvalue weighted by atomic mass is 16.5. The Morgan fingerprint density at radius 1 is 1.23 bits per heavy atom. The van der Waals surface area contributed by atoms with Crippen molar-refractivity contribution < 1.29 is 19.4 Å². The molecule has 1 aliphatic heterocycles. The Bertz CT molecular complexity index is 784. The lowest BCUT2D eigenvalue weighted by molar-refractivity contribution is -0.184. The van der Waals surface area contributed by atoms with Crippen LogP contribution in [-0.4, -0.2) is 22.8 Å². The summed E-state index contributed by atoms with van der Waals surface area (Å²) in [4.78, 5) is 23.8. The fourth-order valence-corrected chi connectivity index (χ4v) is 6.45. The topological polar surface area (TPSA) is 63.6 Å². The zero-order valence-corrected chi connectivity index (χ0v) is 16.1. The second-order valence-electron chi connectivity index (χ2n) is 9.50. The van der Waals surface area contributed by atoms with Crippen LogP contribution in [0.15, 0.2) is 34.8 Å². The lowest BCUT2D eigenvalue weighted by Gasteiger charge is -2.62. The van der Waals surface area contributed by atoms with Crippen molar-refractivity contribution in [2.45, 2.75) is 65.4 Å². The molecule has 4 atom stereocenters. The summed E-state index contributed by atoms with van der Waals surface area (Å²) in [6.45, 7) is 9.26. The second kappa shape index (κ2) is 5.34. The molecular weight excluding hydrogens is 328 g/mol. The van der Waals surface area contributed by atoms with E-state index in [1.165, 1.54) is 18.9 Å². The Kier molecular flexibility index (Phi) is 3.61. The number of ether oxygens (including phenoxy) is 1. The molecule has 2 saturated carbocycles. The second-order valence-corrected chi connectivity index (χ2v) is 9.50. The first kappa shape index (κ1) is 17.6. The first-order valence-corrected chi connectivity index (χ1v) is 9.73. The van der Waals surface area contributed by atoms with Crippen molar-refractivity contribution in [2.24, 2.45) is 22.7 Å². The van der Waals surface area contributed by atoms with Crippen molar-refractivity contribution >= 4 is 12.1 Å². The first-order valence-electron chi connectivity index (χ1n) is 9.73. The highest BCUT2D eigenvalue weighted by molar-refractivity contribution is 6.21. The van der Waals surface area contributed by atoms with Gasteiger partial charge in [-0.25, -0.2) is 0 Å². The molecule has 4 aliphatic rings. The molecule has 0 saturated heterocycles. The van der Waals surface area contributed by atoms with Crippen molar-refractivity contribution in [3.05, 3.63) is 34.8 Å². The summed E-state index contributed by atoms with van der Waals surface area (Å²) in [6.07, 6.45) is 9.77. The van der Waals surface area contributed by atoms with Gasteiger partial charge in [-0.05, 0) is 49.2 Å². The summed E-state index contributed by atoms with van der Waals surface area (Å²) >= 11 is 0. The molecular formula is C22H28O4. The standard InChI is InChI=1S/C22H28O4/c1-13-6-7-17-20(2,3)8-5-9-21(17,4)22(13)11-14-10-16(24)18(25)15(12-23)19(14)26-22/h10-13,17,24H,5-9H2,1-4H3/t13-,17-,21+,22-/m1/s1. The van der Waals surface area contributed by atoms with Crippen molar-refractivity contribution in [1.82, 2.24) is 0 Å². The van der Waals surface area contributed by atoms with Crippen LogP contribution in [0.5, 0.6) is 0 Å². The van der Waals surface area contributed by atoms with Gasteiger partial charge < -0.3 is 9.84 Å². The van der Waals surface area contributed by atoms with Crippen LogP contribution in [0.4, 0.5) is 0 Å². The van der Waals surface area contributed by atoms with Gasteiger partial charge in [0.15, 0.2) is 12.0 Å². The fraction of sp³-hybridized carbons (Fsp3) is 0.636. The van der Waals surface area contributed by atoms with Gasteiger partial charge in [0.25, 0.3) is 0 Å². The van der Waals surface area contributed by atoms with Crippen molar-refractivity contribution in [1.29, 1.82) is 0 Å². The molecule has 0 bridgehead atoms. The molecule has 0 radical (unpaired) electrons. The SMILES string of the molecule is C[C@@H]1CC[C@@H]2C(C)(C)CCC[C@]2(C)[C@@]12C=C1C=C(O)C(=O)C(C=O)=C1O2. The smallest absolute Gasteiger partial charge is 0.234 e. The van der Waals surface area contributed by atoms with Crippen LogP contribution in [0, 0.1) is 22.7 Å². The van der Waals surface area contributed by atoms with Gasteiger partial charge in [0.1, 0.15) is 16.9 Å². The number of aldehydes is 1. The molecule has 4 nitrogen and oxygen atoms in total. The number of fused-ring (bicyclic) bond motifs is 3. The van der Waals surface area contributed by atoms with E-state index in [-0.39, 0.29) is 28.1 Å². The normalized spacial score (nSPS) is 41.2. The van der Waals surface area contributed by atoms with E-state index in [0.29, 0.717) is 23.5 Å². The molecule has 1 heterocycles. The van der Waals surface area contributed by atoms with Gasteiger partial charge in [0.05, 0.1) is 0 Å². The van der Waals surface area contributed by atoms with Crippen LogP contribution in [0.2, 0.25) is 0 Å². The molecule has 0 aromatic heterocycles. The zero-order chi connectivity index (χ0) is 18.9. The van der Waals surface area contributed by atoms with Gasteiger partial charge >= 0.3 is 0 Å². The Morgan fingerprint density at radius 3 is 2.65 bits per heavy atom. The Labute approximate surface area is 155 Å². The van der Waals surface area contributed by atoms with Gasteiger partial charge in [-0.2, -0.15) is 0 Å². The number of aliphatic hydroxyl groups is 1. The van der Waals surface area contributed by atoms with Gasteiger partial charge in [0, 0.05) is 16.9 Å². The van der Waals surface area contributed by atoms with E-state index >= 15 is 0 Å². The maximum absolute atomic E-state index is 12.2. The third-order valence-electron chi connectivity index (χ3n) is 7.78. The highest BCUT2D eigenvalue weighted by Crippen LogP contribution is 2.66. The monoisotopic (exact) mass is 356 g/mol. The maximum atomic E-state index is 12.2. The van der Waals surface area contributed by atoms with Crippen LogP contribution < -0.4 is 0 Å². The largest absolute Gasteiger partial charge is 0.504 e. The van der Waals surface area contributed by atoms with Crippen LogP contribution in [0.1, 0.15) is 59.8 Å². The van der Waals surface area contributed by atoms with Gasteiger partial charge in [-0.3, -0.25) is 9.59 Å². The predicted octanol–water partition coefficient (Wildman–Crippen LogP) is 4.42. The number of hydrogen-bond acceptors (Lipinski definition) is 4. The minimum atomic E-state index is -0.640. The minimum Gasteiger partial charge on any atom is -0.504 e. The van der Waals surface area contributed by atoms with Crippen molar-refractivity contribution in [3.63, 3.8) is 0 Å². The summed E-state index contributed by atoms with van der Waals surface area (Å²) < 4.78 is 6.57. The van der Waals surface area contributed by atoms with Crippen LogP contribution in [0.25, 0.3) is 0 Å². The molecule has 0 amide bonds. The van der Waals surface area contributed by atoms with Crippen molar-refractivity contribution in [3.8, 4) is 0 Å². The number of carbonyl (C=O) groups is 2. The molecule has 0 aromatic rings. The van der Waals surface area contributed by atoms with E-state index in [4.69, 9.17) is 4.74 Å². The predicted molar refractivity (Wildman–Crippen MR) is 98.3 cm³/mol. The quantitative estimate of drug-likeness (QED) is 0.558. The summed E-state index contributed by atoms with van der Waals surface area (Å²) in [5, 5.41) is 9.98. The number of hydrogen-bond donors (Lipinski definition) is 1. The number of Topliss-reactive ketones (excluding diaryl/α,β-unsaturated/α-hetero) is 1. The summed E-state index contributed by atoms with van der Waals surface area (Å²) in [5.74, 6) is 0.141. The number of carbonyl (C=O) groups excluding carboxylic acids is 2. The van der Waals surface area contributed by atoms with E-state index < -0.39 is 11.4 Å². The molecule has 0 unspecified atom stereocenters. The van der Waals surface area contributed by atoms with Gasteiger partial charge in [-0.15, -0.1) is 0 Å². The molecule has 0 aromatic carbocycles. The lowest BCUT2D eigenvalue weighted by atomic mass is 9.45. The molecule has 4 rings (SSSR count). The van der Waals surface area contributed by atoms with E-state index in [1.807, 2.05) is 0 Å². The molecule has 4 heteroatoms. The molecule has 3 aliphatic carbocycles. The van der Waals surface area contributed by atoms with Crippen LogP contribution in [0.3, 0.4) is 0 Å². The van der Waals surface area contributed by atoms with E-state index in [0.717, 1.165) is 19.3 Å². The summed E-state index contributed by atoms with van der Waals surface area (Å²) in [6, 6.07) is 0. The average Bonchev–Trinajstić information content (AvgIpc) is 2.94. The highest BCUT2D eigenvalue weighted by Gasteiger charge is 2.64. The molecule has 26 heavy (non-hydrogen) atoms. The number of aliphatic hydroxyl groups excluding tert-OH is 1.